The molecule has 2 atom stereocenters. The number of rotatable bonds is 5. The summed E-state index contributed by atoms with van der Waals surface area (Å²) in [5.41, 5.74) is 2.96. The van der Waals surface area contributed by atoms with Crippen LogP contribution in [0.5, 0.6) is 5.75 Å². The van der Waals surface area contributed by atoms with E-state index in [4.69, 9.17) is 37.4 Å². The first-order chi connectivity index (χ1) is 11.9. The van der Waals surface area contributed by atoms with Crippen molar-refractivity contribution in [2.45, 2.75) is 25.7 Å². The molecule has 0 spiro atoms. The number of halogens is 3. The molecular formula is C19H19BrCl2O3. The van der Waals surface area contributed by atoms with E-state index in [2.05, 4.69) is 15.9 Å². The molecule has 1 saturated heterocycles. The van der Waals surface area contributed by atoms with Gasteiger partial charge in [-0.3, -0.25) is 0 Å². The number of alkyl halides is 1. The number of para-hydroxylation sites is 1. The van der Waals surface area contributed by atoms with Crippen molar-refractivity contribution < 1.29 is 14.2 Å². The van der Waals surface area contributed by atoms with Gasteiger partial charge in [0.1, 0.15) is 18.5 Å². The summed E-state index contributed by atoms with van der Waals surface area (Å²) in [6.07, 6.45) is -0.191. The first kappa shape index (κ1) is 19.0. The Kier molecular flexibility index (Phi) is 5.96. The fourth-order valence-electron chi connectivity index (χ4n) is 2.93. The lowest BCUT2D eigenvalue weighted by Crippen LogP contribution is -2.31. The molecule has 0 aliphatic carbocycles. The zero-order valence-electron chi connectivity index (χ0n) is 14.0. The summed E-state index contributed by atoms with van der Waals surface area (Å²) in [4.78, 5) is 0. The third-order valence-corrected chi connectivity index (χ3v) is 5.49. The summed E-state index contributed by atoms with van der Waals surface area (Å²) >= 11 is 15.8. The lowest BCUT2D eigenvalue weighted by atomic mass is 10.1. The van der Waals surface area contributed by atoms with Gasteiger partial charge in [-0.2, -0.15) is 0 Å². The topological polar surface area (TPSA) is 27.7 Å². The zero-order chi connectivity index (χ0) is 18.0. The lowest BCUT2D eigenvalue weighted by molar-refractivity contribution is -0.159. The van der Waals surface area contributed by atoms with E-state index in [1.165, 1.54) is 0 Å². The summed E-state index contributed by atoms with van der Waals surface area (Å²) in [6.45, 7) is 4.90. The van der Waals surface area contributed by atoms with Crippen LogP contribution in [-0.2, 0) is 15.3 Å². The van der Waals surface area contributed by atoms with Crippen LogP contribution < -0.4 is 4.74 Å². The van der Waals surface area contributed by atoms with Gasteiger partial charge >= 0.3 is 0 Å². The average Bonchev–Trinajstić information content (AvgIpc) is 2.99. The Morgan fingerprint density at radius 1 is 1.20 bits per heavy atom. The largest absolute Gasteiger partial charge is 0.490 e. The SMILES string of the molecule is Cc1cccc(C)c1OCC1COC(CBr)(c2ccc(Cl)cc2Cl)O1. The number of hydrogen-bond donors (Lipinski definition) is 0. The van der Waals surface area contributed by atoms with Crippen LogP contribution in [0.3, 0.4) is 0 Å². The van der Waals surface area contributed by atoms with Crippen LogP contribution >= 0.6 is 39.1 Å². The minimum atomic E-state index is -0.934. The highest BCUT2D eigenvalue weighted by molar-refractivity contribution is 9.09. The Morgan fingerprint density at radius 2 is 1.92 bits per heavy atom. The highest BCUT2D eigenvalue weighted by Crippen LogP contribution is 2.40. The third kappa shape index (κ3) is 3.99. The van der Waals surface area contributed by atoms with Crippen LogP contribution in [0, 0.1) is 13.8 Å². The van der Waals surface area contributed by atoms with Gasteiger partial charge in [-0.15, -0.1) is 0 Å². The number of hydrogen-bond acceptors (Lipinski definition) is 3. The Hall–Kier alpha value is -0.780. The molecule has 3 rings (SSSR count). The summed E-state index contributed by atoms with van der Waals surface area (Å²) < 4.78 is 18.2. The molecule has 0 bridgehead atoms. The predicted octanol–water partition coefficient (Wildman–Crippen LogP) is 5.65. The van der Waals surface area contributed by atoms with Crippen molar-refractivity contribution in [3.05, 3.63) is 63.1 Å². The lowest BCUT2D eigenvalue weighted by Gasteiger charge is -2.27. The van der Waals surface area contributed by atoms with Crippen molar-refractivity contribution in [2.24, 2.45) is 0 Å². The predicted molar refractivity (Wildman–Crippen MR) is 104 cm³/mol. The van der Waals surface area contributed by atoms with Gasteiger partial charge in [0.05, 0.1) is 17.0 Å². The third-order valence-electron chi connectivity index (χ3n) is 4.20. The molecule has 6 heteroatoms. The van der Waals surface area contributed by atoms with E-state index in [0.29, 0.717) is 28.6 Å². The fraction of sp³-hybridized carbons (Fsp3) is 0.368. The molecule has 1 heterocycles. The van der Waals surface area contributed by atoms with E-state index in [0.717, 1.165) is 22.4 Å². The van der Waals surface area contributed by atoms with Gasteiger partial charge in [-0.25, -0.2) is 0 Å². The van der Waals surface area contributed by atoms with Gasteiger partial charge in [0.25, 0.3) is 0 Å². The second-order valence-corrected chi connectivity index (χ2v) is 7.50. The molecule has 0 aromatic heterocycles. The maximum absolute atomic E-state index is 6.34. The smallest absolute Gasteiger partial charge is 0.206 e. The van der Waals surface area contributed by atoms with Gasteiger partial charge in [0.2, 0.25) is 5.79 Å². The molecule has 0 amide bonds. The van der Waals surface area contributed by atoms with Crippen LogP contribution in [0.2, 0.25) is 10.0 Å². The van der Waals surface area contributed by atoms with E-state index < -0.39 is 5.79 Å². The number of ether oxygens (including phenoxy) is 3. The van der Waals surface area contributed by atoms with Gasteiger partial charge < -0.3 is 14.2 Å². The molecule has 0 saturated carbocycles. The molecule has 0 N–H and O–H groups in total. The summed E-state index contributed by atoms with van der Waals surface area (Å²) in [5, 5.41) is 1.55. The van der Waals surface area contributed by atoms with Crippen LogP contribution in [0.15, 0.2) is 36.4 Å². The molecule has 0 radical (unpaired) electrons. The molecule has 134 valence electrons. The monoisotopic (exact) mass is 444 g/mol. The molecule has 1 fully saturated rings. The Morgan fingerprint density at radius 3 is 2.56 bits per heavy atom. The summed E-state index contributed by atoms with van der Waals surface area (Å²) in [5.74, 6) is -0.0387. The van der Waals surface area contributed by atoms with Crippen molar-refractivity contribution in [1.29, 1.82) is 0 Å². The van der Waals surface area contributed by atoms with Crippen molar-refractivity contribution in [3.63, 3.8) is 0 Å². The summed E-state index contributed by atoms with van der Waals surface area (Å²) in [6, 6.07) is 11.4. The molecule has 2 aromatic rings. The Labute approximate surface area is 166 Å². The first-order valence-corrected chi connectivity index (χ1v) is 9.85. The van der Waals surface area contributed by atoms with Crippen LogP contribution in [-0.4, -0.2) is 24.6 Å². The molecule has 25 heavy (non-hydrogen) atoms. The fourth-order valence-corrected chi connectivity index (χ4v) is 4.08. The molecule has 2 unspecified atom stereocenters. The highest BCUT2D eigenvalue weighted by Gasteiger charge is 2.44. The first-order valence-electron chi connectivity index (χ1n) is 7.97. The van der Waals surface area contributed by atoms with Crippen molar-refractivity contribution in [1.82, 2.24) is 0 Å². The molecular weight excluding hydrogens is 427 g/mol. The minimum absolute atomic E-state index is 0.191. The number of benzene rings is 2. The summed E-state index contributed by atoms with van der Waals surface area (Å²) in [7, 11) is 0. The van der Waals surface area contributed by atoms with Gasteiger partial charge in [0, 0.05) is 10.6 Å². The van der Waals surface area contributed by atoms with E-state index in [9.17, 15) is 0 Å². The molecule has 1 aliphatic heterocycles. The maximum atomic E-state index is 6.34. The van der Waals surface area contributed by atoms with Gasteiger partial charge in [0.15, 0.2) is 0 Å². The van der Waals surface area contributed by atoms with E-state index in [1.54, 1.807) is 12.1 Å². The van der Waals surface area contributed by atoms with Gasteiger partial charge in [-0.05, 0) is 37.1 Å². The quantitative estimate of drug-likeness (QED) is 0.556. The van der Waals surface area contributed by atoms with Crippen LogP contribution in [0.4, 0.5) is 0 Å². The Bertz CT molecular complexity index is 748. The van der Waals surface area contributed by atoms with Crippen molar-refractivity contribution in [2.75, 3.05) is 18.5 Å². The highest BCUT2D eigenvalue weighted by atomic mass is 79.9. The second kappa shape index (κ2) is 7.85. The molecule has 3 nitrogen and oxygen atoms in total. The number of aryl methyl sites for hydroxylation is 2. The maximum Gasteiger partial charge on any atom is 0.206 e. The van der Waals surface area contributed by atoms with Crippen molar-refractivity contribution in [3.8, 4) is 5.75 Å². The average molecular weight is 446 g/mol. The minimum Gasteiger partial charge on any atom is -0.490 e. The second-order valence-electron chi connectivity index (χ2n) is 6.09. The van der Waals surface area contributed by atoms with E-state index >= 15 is 0 Å². The standard InChI is InChI=1S/C19H19BrCl2O3/c1-12-4-3-5-13(2)18(12)23-9-15-10-24-19(11-20,25-15)16-7-6-14(21)8-17(16)22/h3-8,15H,9-11H2,1-2H3. The van der Waals surface area contributed by atoms with Gasteiger partial charge in [-0.1, -0.05) is 63.4 Å². The van der Waals surface area contributed by atoms with E-state index in [1.807, 2.05) is 38.1 Å². The normalized spacial score (nSPS) is 23.0. The van der Waals surface area contributed by atoms with Crippen molar-refractivity contribution >= 4 is 39.1 Å². The molecule has 1 aliphatic rings. The Balaban J connectivity index is 1.73. The molecule has 2 aromatic carbocycles. The zero-order valence-corrected chi connectivity index (χ0v) is 17.1. The van der Waals surface area contributed by atoms with E-state index in [-0.39, 0.29) is 6.10 Å². The van der Waals surface area contributed by atoms with Crippen LogP contribution in [0.25, 0.3) is 0 Å². The van der Waals surface area contributed by atoms with Crippen LogP contribution in [0.1, 0.15) is 16.7 Å².